The molecule has 1 aliphatic rings. The SMILES string of the molecule is CCOC(C(C)C)C(N)CC1CCCc2ccccc21. The summed E-state index contributed by atoms with van der Waals surface area (Å²) >= 11 is 0. The number of benzene rings is 1. The van der Waals surface area contributed by atoms with Crippen LogP contribution in [-0.4, -0.2) is 18.8 Å². The Labute approximate surface area is 123 Å². The van der Waals surface area contributed by atoms with Crippen LogP contribution in [0.4, 0.5) is 0 Å². The first kappa shape index (κ1) is 15.5. The molecule has 2 rings (SSSR count). The molecule has 0 saturated heterocycles. The minimum Gasteiger partial charge on any atom is -0.377 e. The van der Waals surface area contributed by atoms with Crippen molar-refractivity contribution >= 4 is 0 Å². The topological polar surface area (TPSA) is 35.2 Å². The van der Waals surface area contributed by atoms with Gasteiger partial charge in [0.15, 0.2) is 0 Å². The molecule has 112 valence electrons. The molecule has 0 saturated carbocycles. The number of aryl methyl sites for hydroxylation is 1. The van der Waals surface area contributed by atoms with E-state index in [4.69, 9.17) is 10.5 Å². The summed E-state index contributed by atoms with van der Waals surface area (Å²) in [6, 6.07) is 9.00. The number of hydrogen-bond acceptors (Lipinski definition) is 2. The number of ether oxygens (including phenoxy) is 1. The van der Waals surface area contributed by atoms with Gasteiger partial charge in [-0.15, -0.1) is 0 Å². The van der Waals surface area contributed by atoms with E-state index in [-0.39, 0.29) is 12.1 Å². The highest BCUT2D eigenvalue weighted by atomic mass is 16.5. The molecule has 0 radical (unpaired) electrons. The Kier molecular flexibility index (Phi) is 5.62. The molecule has 2 nitrogen and oxygen atoms in total. The molecule has 2 N–H and O–H groups in total. The van der Waals surface area contributed by atoms with Gasteiger partial charge in [0, 0.05) is 12.6 Å². The summed E-state index contributed by atoms with van der Waals surface area (Å²) in [5, 5.41) is 0. The van der Waals surface area contributed by atoms with Crippen molar-refractivity contribution in [2.45, 2.75) is 64.5 Å². The van der Waals surface area contributed by atoms with Crippen molar-refractivity contribution in [1.29, 1.82) is 0 Å². The number of rotatable bonds is 6. The largest absolute Gasteiger partial charge is 0.377 e. The summed E-state index contributed by atoms with van der Waals surface area (Å²) in [4.78, 5) is 0. The maximum Gasteiger partial charge on any atom is 0.0748 e. The third-order valence-electron chi connectivity index (χ3n) is 4.49. The second kappa shape index (κ2) is 7.24. The lowest BCUT2D eigenvalue weighted by molar-refractivity contribution is 0.00902. The Morgan fingerprint density at radius 3 is 2.75 bits per heavy atom. The lowest BCUT2D eigenvalue weighted by Gasteiger charge is -2.32. The van der Waals surface area contributed by atoms with Gasteiger partial charge in [-0.1, -0.05) is 38.1 Å². The summed E-state index contributed by atoms with van der Waals surface area (Å²) in [5.41, 5.74) is 9.51. The lowest BCUT2D eigenvalue weighted by atomic mass is 9.78. The number of nitrogens with two attached hydrogens (primary N) is 1. The molecule has 0 fully saturated rings. The predicted molar refractivity (Wildman–Crippen MR) is 85.0 cm³/mol. The van der Waals surface area contributed by atoms with Crippen molar-refractivity contribution in [2.24, 2.45) is 11.7 Å². The van der Waals surface area contributed by atoms with Crippen molar-refractivity contribution in [3.05, 3.63) is 35.4 Å². The predicted octanol–water partition coefficient (Wildman–Crippen LogP) is 3.89. The molecular weight excluding hydrogens is 246 g/mol. The maximum absolute atomic E-state index is 6.47. The van der Waals surface area contributed by atoms with Crippen LogP contribution >= 0.6 is 0 Å². The third kappa shape index (κ3) is 3.62. The molecule has 0 aliphatic heterocycles. The van der Waals surface area contributed by atoms with Crippen LogP contribution in [0.5, 0.6) is 0 Å². The minimum absolute atomic E-state index is 0.131. The fraction of sp³-hybridized carbons (Fsp3) is 0.667. The van der Waals surface area contributed by atoms with Crippen molar-refractivity contribution in [3.8, 4) is 0 Å². The standard InChI is InChI=1S/C18H29NO/c1-4-20-18(13(2)3)17(19)12-15-10-7-9-14-8-5-6-11-16(14)15/h5-6,8,11,13,15,17-18H,4,7,9-10,12,19H2,1-3H3. The van der Waals surface area contributed by atoms with E-state index in [9.17, 15) is 0 Å². The molecule has 0 amide bonds. The molecule has 3 atom stereocenters. The van der Waals surface area contributed by atoms with E-state index in [1.54, 1.807) is 0 Å². The Hall–Kier alpha value is -0.860. The highest BCUT2D eigenvalue weighted by molar-refractivity contribution is 5.32. The molecule has 1 aliphatic carbocycles. The van der Waals surface area contributed by atoms with Gasteiger partial charge in [-0.05, 0) is 55.6 Å². The molecule has 0 spiro atoms. The van der Waals surface area contributed by atoms with Crippen LogP contribution < -0.4 is 5.73 Å². The number of fused-ring (bicyclic) bond motifs is 1. The van der Waals surface area contributed by atoms with Gasteiger partial charge in [0.1, 0.15) is 0 Å². The average molecular weight is 275 g/mol. The van der Waals surface area contributed by atoms with Gasteiger partial charge < -0.3 is 10.5 Å². The smallest absolute Gasteiger partial charge is 0.0748 e. The van der Waals surface area contributed by atoms with Gasteiger partial charge in [0.25, 0.3) is 0 Å². The molecular formula is C18H29NO. The van der Waals surface area contributed by atoms with Crippen LogP contribution in [0.2, 0.25) is 0 Å². The van der Waals surface area contributed by atoms with Gasteiger partial charge in [-0.2, -0.15) is 0 Å². The van der Waals surface area contributed by atoms with Crippen LogP contribution in [0.25, 0.3) is 0 Å². The van der Waals surface area contributed by atoms with Crippen LogP contribution in [0, 0.1) is 5.92 Å². The van der Waals surface area contributed by atoms with Gasteiger partial charge in [0.2, 0.25) is 0 Å². The van der Waals surface area contributed by atoms with Gasteiger partial charge in [-0.25, -0.2) is 0 Å². The van der Waals surface area contributed by atoms with E-state index in [0.717, 1.165) is 13.0 Å². The van der Waals surface area contributed by atoms with Crippen molar-refractivity contribution < 1.29 is 4.74 Å². The Bertz CT molecular complexity index is 416. The number of hydrogen-bond donors (Lipinski definition) is 1. The third-order valence-corrected chi connectivity index (χ3v) is 4.49. The monoisotopic (exact) mass is 275 g/mol. The van der Waals surface area contributed by atoms with Crippen LogP contribution in [-0.2, 0) is 11.2 Å². The Morgan fingerprint density at radius 2 is 2.05 bits per heavy atom. The molecule has 3 unspecified atom stereocenters. The summed E-state index contributed by atoms with van der Waals surface area (Å²) in [5.74, 6) is 1.08. The second-order valence-electron chi connectivity index (χ2n) is 6.35. The first-order valence-corrected chi connectivity index (χ1v) is 8.08. The van der Waals surface area contributed by atoms with E-state index >= 15 is 0 Å². The molecule has 0 bridgehead atoms. The highest BCUT2D eigenvalue weighted by Gasteiger charge is 2.27. The molecule has 20 heavy (non-hydrogen) atoms. The van der Waals surface area contributed by atoms with Crippen molar-refractivity contribution in [2.75, 3.05) is 6.61 Å². The van der Waals surface area contributed by atoms with Crippen molar-refractivity contribution in [1.82, 2.24) is 0 Å². The summed E-state index contributed by atoms with van der Waals surface area (Å²) < 4.78 is 5.87. The molecule has 0 heterocycles. The summed E-state index contributed by atoms with van der Waals surface area (Å²) in [7, 11) is 0. The normalized spacial score (nSPS) is 21.6. The fourth-order valence-electron chi connectivity index (χ4n) is 3.56. The molecule has 2 heteroatoms. The van der Waals surface area contributed by atoms with E-state index in [2.05, 4.69) is 45.0 Å². The highest BCUT2D eigenvalue weighted by Crippen LogP contribution is 2.35. The van der Waals surface area contributed by atoms with E-state index in [1.807, 2.05) is 0 Å². The summed E-state index contributed by atoms with van der Waals surface area (Å²) in [6.07, 6.45) is 4.99. The van der Waals surface area contributed by atoms with Gasteiger partial charge in [-0.3, -0.25) is 0 Å². The van der Waals surface area contributed by atoms with Crippen LogP contribution in [0.3, 0.4) is 0 Å². The quantitative estimate of drug-likeness (QED) is 0.855. The van der Waals surface area contributed by atoms with Crippen LogP contribution in [0.15, 0.2) is 24.3 Å². The maximum atomic E-state index is 6.47. The molecule has 0 aromatic heterocycles. The minimum atomic E-state index is 0.131. The lowest BCUT2D eigenvalue weighted by Crippen LogP contribution is -2.41. The summed E-state index contributed by atoms with van der Waals surface area (Å²) in [6.45, 7) is 7.21. The molecule has 1 aromatic carbocycles. The van der Waals surface area contributed by atoms with Gasteiger partial charge >= 0.3 is 0 Å². The zero-order valence-electron chi connectivity index (χ0n) is 13.1. The Morgan fingerprint density at radius 1 is 1.30 bits per heavy atom. The average Bonchev–Trinajstić information content (AvgIpc) is 2.44. The van der Waals surface area contributed by atoms with E-state index in [0.29, 0.717) is 11.8 Å². The zero-order valence-corrected chi connectivity index (χ0v) is 13.1. The Balaban J connectivity index is 2.06. The zero-order chi connectivity index (χ0) is 14.5. The van der Waals surface area contributed by atoms with Gasteiger partial charge in [0.05, 0.1) is 6.10 Å². The first-order valence-electron chi connectivity index (χ1n) is 8.08. The van der Waals surface area contributed by atoms with E-state index in [1.165, 1.54) is 30.4 Å². The fourth-order valence-corrected chi connectivity index (χ4v) is 3.56. The van der Waals surface area contributed by atoms with Crippen LogP contribution in [0.1, 0.15) is 57.1 Å². The first-order chi connectivity index (χ1) is 9.63. The van der Waals surface area contributed by atoms with E-state index < -0.39 is 0 Å². The molecule has 1 aromatic rings. The van der Waals surface area contributed by atoms with Crippen molar-refractivity contribution in [3.63, 3.8) is 0 Å². The second-order valence-corrected chi connectivity index (χ2v) is 6.35.